The molecule has 1 saturated heterocycles. The molecule has 1 aliphatic carbocycles. The minimum atomic E-state index is -0.128. The number of para-hydroxylation sites is 2. The van der Waals surface area contributed by atoms with Crippen LogP contribution >= 0.6 is 0 Å². The van der Waals surface area contributed by atoms with Crippen LogP contribution in [0.5, 0.6) is 5.75 Å². The van der Waals surface area contributed by atoms with Crippen molar-refractivity contribution in [2.75, 3.05) is 44.7 Å². The smallest absolute Gasteiger partial charge is 0.229 e. The molecule has 1 atom stereocenters. The first-order valence-electron chi connectivity index (χ1n) is 12.2. The highest BCUT2D eigenvalue weighted by molar-refractivity contribution is 5.84. The Kier molecular flexibility index (Phi) is 8.05. The molecule has 1 unspecified atom stereocenters. The van der Waals surface area contributed by atoms with Gasteiger partial charge in [-0.2, -0.15) is 0 Å². The van der Waals surface area contributed by atoms with Crippen LogP contribution in [0.3, 0.4) is 0 Å². The third-order valence-electron chi connectivity index (χ3n) is 6.96. The van der Waals surface area contributed by atoms with Crippen LogP contribution in [-0.2, 0) is 4.79 Å². The SMILES string of the molecule is COc1ccccc1N1CCN(CC(C(=O)NC2CCCCCC2)c2ccccc2)CC1. The van der Waals surface area contributed by atoms with E-state index in [2.05, 4.69) is 39.4 Å². The number of piperazine rings is 1. The summed E-state index contributed by atoms with van der Waals surface area (Å²) < 4.78 is 5.55. The van der Waals surface area contributed by atoms with Gasteiger partial charge in [0.25, 0.3) is 0 Å². The summed E-state index contributed by atoms with van der Waals surface area (Å²) >= 11 is 0. The largest absolute Gasteiger partial charge is 0.495 e. The zero-order chi connectivity index (χ0) is 22.2. The van der Waals surface area contributed by atoms with E-state index in [1.165, 1.54) is 25.7 Å². The third-order valence-corrected chi connectivity index (χ3v) is 6.96. The van der Waals surface area contributed by atoms with Crippen LogP contribution in [-0.4, -0.2) is 56.7 Å². The first-order chi connectivity index (χ1) is 15.7. The summed E-state index contributed by atoms with van der Waals surface area (Å²) in [7, 11) is 1.73. The molecule has 1 amide bonds. The maximum atomic E-state index is 13.4. The molecule has 5 nitrogen and oxygen atoms in total. The number of amides is 1. The predicted molar refractivity (Wildman–Crippen MR) is 130 cm³/mol. The highest BCUT2D eigenvalue weighted by Crippen LogP contribution is 2.29. The van der Waals surface area contributed by atoms with E-state index < -0.39 is 0 Å². The van der Waals surface area contributed by atoms with Crippen molar-refractivity contribution in [1.29, 1.82) is 0 Å². The normalized spacial score (nSPS) is 19.2. The molecule has 0 bridgehead atoms. The van der Waals surface area contributed by atoms with Gasteiger partial charge in [0.05, 0.1) is 18.7 Å². The van der Waals surface area contributed by atoms with Crippen LogP contribution in [0, 0.1) is 0 Å². The van der Waals surface area contributed by atoms with Gasteiger partial charge in [0, 0.05) is 38.8 Å². The van der Waals surface area contributed by atoms with Crippen LogP contribution in [0.4, 0.5) is 5.69 Å². The number of carbonyl (C=O) groups is 1. The number of benzene rings is 2. The van der Waals surface area contributed by atoms with Crippen LogP contribution in [0.15, 0.2) is 54.6 Å². The Morgan fingerprint density at radius 2 is 1.59 bits per heavy atom. The highest BCUT2D eigenvalue weighted by Gasteiger charge is 2.28. The Balaban J connectivity index is 1.40. The molecule has 1 heterocycles. The number of hydrogen-bond acceptors (Lipinski definition) is 4. The molecule has 0 aromatic heterocycles. The van der Waals surface area contributed by atoms with E-state index >= 15 is 0 Å². The van der Waals surface area contributed by atoms with Crippen LogP contribution < -0.4 is 15.0 Å². The maximum Gasteiger partial charge on any atom is 0.229 e. The molecule has 32 heavy (non-hydrogen) atoms. The molecule has 0 spiro atoms. The van der Waals surface area contributed by atoms with Crippen LogP contribution in [0.25, 0.3) is 0 Å². The molecule has 1 N–H and O–H groups in total. The van der Waals surface area contributed by atoms with Gasteiger partial charge in [0.1, 0.15) is 5.75 Å². The van der Waals surface area contributed by atoms with E-state index in [-0.39, 0.29) is 11.8 Å². The van der Waals surface area contributed by atoms with E-state index in [0.717, 1.165) is 62.6 Å². The molecule has 2 aliphatic rings. The van der Waals surface area contributed by atoms with Gasteiger partial charge in [-0.15, -0.1) is 0 Å². The van der Waals surface area contributed by atoms with Gasteiger partial charge in [-0.3, -0.25) is 9.69 Å². The predicted octanol–water partition coefficient (Wildman–Crippen LogP) is 4.44. The summed E-state index contributed by atoms with van der Waals surface area (Å²) in [5.74, 6) is 0.985. The molecule has 172 valence electrons. The Morgan fingerprint density at radius 1 is 0.938 bits per heavy atom. The Hall–Kier alpha value is -2.53. The van der Waals surface area contributed by atoms with E-state index in [4.69, 9.17) is 4.74 Å². The second kappa shape index (κ2) is 11.4. The number of anilines is 1. The fourth-order valence-electron chi connectivity index (χ4n) is 5.07. The monoisotopic (exact) mass is 435 g/mol. The fourth-order valence-corrected chi connectivity index (χ4v) is 5.07. The third kappa shape index (κ3) is 5.83. The molecule has 2 fully saturated rings. The van der Waals surface area contributed by atoms with E-state index in [1.807, 2.05) is 30.3 Å². The Labute approximate surface area is 192 Å². The molecule has 2 aromatic carbocycles. The number of ether oxygens (including phenoxy) is 1. The summed E-state index contributed by atoms with van der Waals surface area (Å²) in [5, 5.41) is 3.40. The number of hydrogen-bond donors (Lipinski definition) is 1. The van der Waals surface area contributed by atoms with E-state index in [9.17, 15) is 4.79 Å². The standard InChI is InChI=1S/C27H37N3O2/c1-32-26-16-10-9-15-25(26)30-19-17-29(18-20-30)21-24(22-11-5-4-6-12-22)27(31)28-23-13-7-2-3-8-14-23/h4-6,9-12,15-16,23-24H,2-3,7-8,13-14,17-21H2,1H3,(H,28,31). The van der Waals surface area contributed by atoms with Gasteiger partial charge in [-0.25, -0.2) is 0 Å². The fraction of sp³-hybridized carbons (Fsp3) is 0.519. The van der Waals surface area contributed by atoms with Crippen molar-refractivity contribution in [3.05, 3.63) is 60.2 Å². The Morgan fingerprint density at radius 3 is 2.28 bits per heavy atom. The maximum absolute atomic E-state index is 13.4. The summed E-state index contributed by atoms with van der Waals surface area (Å²) in [4.78, 5) is 18.2. The highest BCUT2D eigenvalue weighted by atomic mass is 16.5. The average molecular weight is 436 g/mol. The van der Waals surface area contributed by atoms with E-state index in [0.29, 0.717) is 6.04 Å². The minimum absolute atomic E-state index is 0.128. The molecule has 1 aliphatic heterocycles. The first kappa shape index (κ1) is 22.7. The molecule has 2 aromatic rings. The van der Waals surface area contributed by atoms with Crippen molar-refractivity contribution >= 4 is 11.6 Å². The second-order valence-corrected chi connectivity index (χ2v) is 9.12. The van der Waals surface area contributed by atoms with Crippen molar-refractivity contribution in [2.24, 2.45) is 0 Å². The lowest BCUT2D eigenvalue weighted by molar-refractivity contribution is -0.123. The lowest BCUT2D eigenvalue weighted by atomic mass is 9.96. The van der Waals surface area contributed by atoms with Crippen molar-refractivity contribution in [3.63, 3.8) is 0 Å². The molecule has 5 heteroatoms. The summed E-state index contributed by atoms with van der Waals surface area (Å²) in [6, 6.07) is 18.9. The lowest BCUT2D eigenvalue weighted by Crippen LogP contribution is -2.49. The first-order valence-corrected chi connectivity index (χ1v) is 12.2. The van der Waals surface area contributed by atoms with Crippen molar-refractivity contribution in [2.45, 2.75) is 50.5 Å². The van der Waals surface area contributed by atoms with Gasteiger partial charge in [-0.05, 0) is 30.5 Å². The van der Waals surface area contributed by atoms with Crippen molar-refractivity contribution in [3.8, 4) is 5.75 Å². The van der Waals surface area contributed by atoms with Crippen molar-refractivity contribution < 1.29 is 9.53 Å². The van der Waals surface area contributed by atoms with Crippen LogP contribution in [0.1, 0.15) is 50.0 Å². The van der Waals surface area contributed by atoms with Gasteiger partial charge >= 0.3 is 0 Å². The molecule has 0 radical (unpaired) electrons. The quantitative estimate of drug-likeness (QED) is 0.653. The number of nitrogens with one attached hydrogen (secondary N) is 1. The molecule has 1 saturated carbocycles. The number of methoxy groups -OCH3 is 1. The van der Waals surface area contributed by atoms with Crippen LogP contribution in [0.2, 0.25) is 0 Å². The molecule has 4 rings (SSSR count). The zero-order valence-electron chi connectivity index (χ0n) is 19.3. The van der Waals surface area contributed by atoms with Gasteiger partial charge in [-0.1, -0.05) is 68.1 Å². The summed E-state index contributed by atoms with van der Waals surface area (Å²) in [5.41, 5.74) is 2.27. The summed E-state index contributed by atoms with van der Waals surface area (Å²) in [6.07, 6.45) is 7.28. The lowest BCUT2D eigenvalue weighted by Gasteiger charge is -2.38. The number of nitrogens with zero attached hydrogens (tertiary/aromatic N) is 2. The molecular formula is C27H37N3O2. The zero-order valence-corrected chi connectivity index (χ0v) is 19.3. The Bertz CT molecular complexity index is 841. The second-order valence-electron chi connectivity index (χ2n) is 9.12. The van der Waals surface area contributed by atoms with E-state index in [1.54, 1.807) is 7.11 Å². The molecular weight excluding hydrogens is 398 g/mol. The van der Waals surface area contributed by atoms with Gasteiger partial charge < -0.3 is 15.0 Å². The summed E-state index contributed by atoms with van der Waals surface area (Å²) in [6.45, 7) is 4.52. The van der Waals surface area contributed by atoms with Crippen molar-refractivity contribution in [1.82, 2.24) is 10.2 Å². The minimum Gasteiger partial charge on any atom is -0.495 e. The number of rotatable bonds is 7. The topological polar surface area (TPSA) is 44.8 Å². The van der Waals surface area contributed by atoms with Gasteiger partial charge in [0.2, 0.25) is 5.91 Å². The van der Waals surface area contributed by atoms with Gasteiger partial charge in [0.15, 0.2) is 0 Å². The average Bonchev–Trinajstić information content (AvgIpc) is 3.12. The number of carbonyl (C=O) groups excluding carboxylic acids is 1.